The van der Waals surface area contributed by atoms with Gasteiger partial charge in [-0.2, -0.15) is 5.26 Å². The normalized spacial score (nSPS) is 16.8. The van der Waals surface area contributed by atoms with Crippen LogP contribution in [0.15, 0.2) is 95.5 Å². The van der Waals surface area contributed by atoms with Crippen molar-refractivity contribution in [3.05, 3.63) is 107 Å². The van der Waals surface area contributed by atoms with Crippen molar-refractivity contribution in [2.24, 2.45) is 10.9 Å². The van der Waals surface area contributed by atoms with Gasteiger partial charge in [-0.1, -0.05) is 41.4 Å². The van der Waals surface area contributed by atoms with E-state index >= 15 is 4.39 Å². The Morgan fingerprint density at radius 3 is 2.71 bits per heavy atom. The molecule has 7 nitrogen and oxygen atoms in total. The Morgan fingerprint density at radius 2 is 2.06 bits per heavy atom. The van der Waals surface area contributed by atoms with Crippen LogP contribution in [0.25, 0.3) is 0 Å². The number of aliphatic imine (C=N–C) groups is 1. The number of nitrogens with one attached hydrogen (secondary N) is 2. The van der Waals surface area contributed by atoms with Crippen LogP contribution in [0.4, 0.5) is 10.1 Å². The predicted octanol–water partition coefficient (Wildman–Crippen LogP) is 5.28. The number of carbonyl (C=O) groups is 1. The number of amides is 1. The molecule has 3 aromatic rings. The van der Waals surface area contributed by atoms with Gasteiger partial charge < -0.3 is 9.88 Å². The van der Waals surface area contributed by atoms with Gasteiger partial charge in [0.15, 0.2) is 0 Å². The van der Waals surface area contributed by atoms with E-state index in [0.717, 1.165) is 0 Å². The Bertz CT molecular complexity index is 1350. The number of anilines is 1. The average Bonchev–Trinajstić information content (AvgIpc) is 3.52. The second kappa shape index (κ2) is 10.6. The number of guanidine groups is 1. The van der Waals surface area contributed by atoms with Gasteiger partial charge in [-0.3, -0.25) is 10.1 Å². The minimum atomic E-state index is -2.23. The summed E-state index contributed by atoms with van der Waals surface area (Å²) >= 11 is 12.1. The number of imidazole rings is 1. The van der Waals surface area contributed by atoms with Crippen LogP contribution in [0, 0.1) is 17.2 Å². The predicted molar refractivity (Wildman–Crippen MR) is 134 cm³/mol. The lowest BCUT2D eigenvalue weighted by molar-refractivity contribution is 0.0972. The van der Waals surface area contributed by atoms with Crippen LogP contribution in [0.2, 0.25) is 5.02 Å². The van der Waals surface area contributed by atoms with Crippen molar-refractivity contribution >= 4 is 40.8 Å². The van der Waals surface area contributed by atoms with Crippen LogP contribution in [0.1, 0.15) is 15.9 Å². The molecule has 2 aromatic carbocycles. The first-order chi connectivity index (χ1) is 16.8. The highest BCUT2D eigenvalue weighted by Gasteiger charge is 2.39. The fourth-order valence-corrected chi connectivity index (χ4v) is 3.79. The van der Waals surface area contributed by atoms with Crippen molar-refractivity contribution in [3.63, 3.8) is 0 Å². The highest BCUT2D eigenvalue weighted by Crippen LogP contribution is 2.34. The van der Waals surface area contributed by atoms with E-state index in [2.05, 4.69) is 20.6 Å². The van der Waals surface area contributed by atoms with Crippen molar-refractivity contribution in [2.45, 2.75) is 12.3 Å². The number of hydrogen-bond acceptors (Lipinski definition) is 4. The number of nitrogens with zero attached hydrogens (tertiary/aromatic N) is 4. The molecule has 0 fully saturated rings. The molecule has 1 unspecified atom stereocenters. The zero-order valence-corrected chi connectivity index (χ0v) is 19.7. The molecule has 1 aliphatic rings. The Labute approximate surface area is 211 Å². The van der Waals surface area contributed by atoms with E-state index in [-0.39, 0.29) is 18.1 Å². The van der Waals surface area contributed by atoms with Gasteiger partial charge in [0.25, 0.3) is 5.91 Å². The quantitative estimate of drug-likeness (QED) is 0.269. The molecule has 1 aliphatic carbocycles. The number of carbonyl (C=O) groups excluding carboxylic acids is 1. The molecule has 0 saturated carbocycles. The van der Waals surface area contributed by atoms with E-state index in [4.69, 9.17) is 28.5 Å². The Hall–Kier alpha value is -3.93. The lowest BCUT2D eigenvalue weighted by atomic mass is 9.99. The number of allylic oxidation sites excluding steroid dienone is 2. The maximum absolute atomic E-state index is 16.6. The van der Waals surface area contributed by atoms with Crippen LogP contribution in [0.3, 0.4) is 0 Å². The fraction of sp³-hybridized carbons (Fsp3) is 0.120. The van der Waals surface area contributed by atoms with E-state index in [1.807, 2.05) is 6.07 Å². The lowest BCUT2D eigenvalue weighted by Gasteiger charge is -2.27. The van der Waals surface area contributed by atoms with Crippen LogP contribution in [-0.2, 0) is 6.54 Å². The SMILES string of the molecule is N#Cc1cccc(C(=O)NC(=N[C@](F)(Cn2ccnc2)C2C=CC(Cl)=C2)Nc2ccc(Cl)cc2)c1. The van der Waals surface area contributed by atoms with E-state index in [9.17, 15) is 4.79 Å². The molecule has 2 N–H and O–H groups in total. The first-order valence-corrected chi connectivity index (χ1v) is 11.2. The lowest BCUT2D eigenvalue weighted by Crippen LogP contribution is -2.42. The minimum Gasteiger partial charge on any atom is -0.332 e. The molecule has 1 amide bonds. The standard InChI is InChI=1S/C25H19Cl2FN6O/c26-20-6-8-22(9-7-20)31-24(32-23(35)18-3-1-2-17(12-18)14-29)33-25(28,15-34-11-10-30-16-34)19-4-5-21(27)13-19/h1-13,16,19H,15H2,(H2,31,32,33,35)/t19?,25-/m1/s1. The van der Waals surface area contributed by atoms with Gasteiger partial charge in [0.05, 0.1) is 30.4 Å². The van der Waals surface area contributed by atoms with Gasteiger partial charge in [0.1, 0.15) is 0 Å². The summed E-state index contributed by atoms with van der Waals surface area (Å²) in [5.41, 5.74) is 1.06. The van der Waals surface area contributed by atoms with Gasteiger partial charge in [0.2, 0.25) is 11.8 Å². The van der Waals surface area contributed by atoms with Crippen LogP contribution in [-0.4, -0.2) is 27.2 Å². The maximum atomic E-state index is 16.6. The third-order valence-electron chi connectivity index (χ3n) is 5.17. The zero-order chi connectivity index (χ0) is 24.8. The molecule has 4 rings (SSSR count). The first kappa shape index (κ1) is 24.2. The van der Waals surface area contributed by atoms with Crippen LogP contribution in [0.5, 0.6) is 0 Å². The minimum absolute atomic E-state index is 0.132. The molecule has 0 spiro atoms. The number of benzene rings is 2. The van der Waals surface area contributed by atoms with Gasteiger partial charge in [-0.15, -0.1) is 0 Å². The highest BCUT2D eigenvalue weighted by atomic mass is 35.5. The van der Waals surface area contributed by atoms with Crippen molar-refractivity contribution in [1.82, 2.24) is 14.9 Å². The molecular weight excluding hydrogens is 490 g/mol. The highest BCUT2D eigenvalue weighted by molar-refractivity contribution is 6.31. The molecule has 0 bridgehead atoms. The van der Waals surface area contributed by atoms with Crippen molar-refractivity contribution in [3.8, 4) is 6.07 Å². The third kappa shape index (κ3) is 6.15. The maximum Gasteiger partial charge on any atom is 0.258 e. The molecule has 0 radical (unpaired) electrons. The summed E-state index contributed by atoms with van der Waals surface area (Å²) in [5, 5.41) is 15.6. The molecule has 176 valence electrons. The monoisotopic (exact) mass is 508 g/mol. The van der Waals surface area contributed by atoms with Crippen molar-refractivity contribution in [1.29, 1.82) is 5.26 Å². The van der Waals surface area contributed by atoms with Gasteiger partial charge >= 0.3 is 0 Å². The van der Waals surface area contributed by atoms with Gasteiger partial charge in [-0.25, -0.2) is 14.4 Å². The molecule has 35 heavy (non-hydrogen) atoms. The molecule has 1 heterocycles. The van der Waals surface area contributed by atoms with E-state index in [1.165, 1.54) is 18.6 Å². The number of nitriles is 1. The van der Waals surface area contributed by atoms with E-state index in [0.29, 0.717) is 21.3 Å². The summed E-state index contributed by atoms with van der Waals surface area (Å²) < 4.78 is 18.1. The molecule has 10 heteroatoms. The smallest absolute Gasteiger partial charge is 0.258 e. The van der Waals surface area contributed by atoms with Crippen LogP contribution < -0.4 is 10.6 Å². The number of hydrogen-bond donors (Lipinski definition) is 2. The Balaban J connectivity index is 1.72. The summed E-state index contributed by atoms with van der Waals surface area (Å²) in [6.45, 7) is -0.186. The second-order valence-electron chi connectivity index (χ2n) is 7.73. The van der Waals surface area contributed by atoms with Crippen LogP contribution >= 0.6 is 23.2 Å². The topological polar surface area (TPSA) is 95.1 Å². The molecule has 0 aliphatic heterocycles. The van der Waals surface area contributed by atoms with Crippen molar-refractivity contribution < 1.29 is 9.18 Å². The number of alkyl halides is 1. The van der Waals surface area contributed by atoms with E-state index < -0.39 is 17.6 Å². The van der Waals surface area contributed by atoms with E-state index in [1.54, 1.807) is 71.5 Å². The number of halogens is 3. The second-order valence-corrected chi connectivity index (χ2v) is 8.60. The average molecular weight is 509 g/mol. The molecular formula is C25H19Cl2FN6O. The summed E-state index contributed by atoms with van der Waals surface area (Å²) in [6.07, 6.45) is 9.40. The molecule has 2 atom stereocenters. The first-order valence-electron chi connectivity index (χ1n) is 10.5. The summed E-state index contributed by atoms with van der Waals surface area (Å²) in [6, 6.07) is 14.8. The van der Waals surface area contributed by atoms with Crippen molar-refractivity contribution in [2.75, 3.05) is 5.32 Å². The summed E-state index contributed by atoms with van der Waals surface area (Å²) in [4.78, 5) is 21.3. The van der Waals surface area contributed by atoms with Gasteiger partial charge in [0, 0.05) is 33.7 Å². The number of aromatic nitrogens is 2. The Morgan fingerprint density at radius 1 is 1.26 bits per heavy atom. The third-order valence-corrected chi connectivity index (χ3v) is 5.67. The molecule has 0 saturated heterocycles. The largest absolute Gasteiger partial charge is 0.332 e. The van der Waals surface area contributed by atoms with Gasteiger partial charge in [-0.05, 0) is 48.5 Å². The fourth-order valence-electron chi connectivity index (χ4n) is 3.46. The molecule has 1 aromatic heterocycles. The summed E-state index contributed by atoms with van der Waals surface area (Å²) in [7, 11) is 0. The number of rotatable bonds is 6. The Kier molecular flexibility index (Phi) is 7.30. The summed E-state index contributed by atoms with van der Waals surface area (Å²) in [5.74, 6) is -3.72. The zero-order valence-electron chi connectivity index (χ0n) is 18.2.